The van der Waals surface area contributed by atoms with Crippen LogP contribution in [0.2, 0.25) is 0 Å². The van der Waals surface area contributed by atoms with Crippen LogP contribution in [-0.2, 0) is 16.0 Å². The van der Waals surface area contributed by atoms with E-state index in [0.717, 1.165) is 29.5 Å². The lowest BCUT2D eigenvalue weighted by Crippen LogP contribution is -2.31. The van der Waals surface area contributed by atoms with E-state index in [1.807, 2.05) is 13.8 Å². The molecule has 4 nitrogen and oxygen atoms in total. The standard InChI is InChI=1S/C19H25NO3/c1-11-6-12(2)15(13(3)7-11)8-18(21)20-9-16(14-4-5-14)17(10-20)19(22)23/h6-7,14,16-17H,4-5,8-10H2,1-3H3,(H,22,23)/t16-,17+/m1/s1. The van der Waals surface area contributed by atoms with Gasteiger partial charge in [-0.1, -0.05) is 17.7 Å². The van der Waals surface area contributed by atoms with Gasteiger partial charge in [0.15, 0.2) is 0 Å². The average Bonchev–Trinajstić information content (AvgIpc) is 3.20. The van der Waals surface area contributed by atoms with Crippen LogP contribution in [0.5, 0.6) is 0 Å². The molecule has 1 saturated carbocycles. The Hall–Kier alpha value is -1.84. The SMILES string of the molecule is Cc1cc(C)c(CC(=O)N2C[C@H](C(=O)O)[C@@H](C3CC3)C2)c(C)c1. The first-order valence-corrected chi connectivity index (χ1v) is 8.44. The van der Waals surface area contributed by atoms with E-state index < -0.39 is 5.97 Å². The summed E-state index contributed by atoms with van der Waals surface area (Å²) in [4.78, 5) is 26.0. The maximum Gasteiger partial charge on any atom is 0.308 e. The van der Waals surface area contributed by atoms with E-state index in [0.29, 0.717) is 25.4 Å². The molecule has 1 aromatic carbocycles. The predicted molar refractivity (Wildman–Crippen MR) is 88.3 cm³/mol. The Balaban J connectivity index is 1.73. The van der Waals surface area contributed by atoms with Crippen LogP contribution in [0.1, 0.15) is 35.1 Å². The van der Waals surface area contributed by atoms with Crippen LogP contribution in [0.4, 0.5) is 0 Å². The van der Waals surface area contributed by atoms with Gasteiger partial charge in [-0.2, -0.15) is 0 Å². The Kier molecular flexibility index (Phi) is 4.17. The van der Waals surface area contributed by atoms with Gasteiger partial charge in [0.05, 0.1) is 12.3 Å². The van der Waals surface area contributed by atoms with Gasteiger partial charge < -0.3 is 10.0 Å². The molecular formula is C19H25NO3. The van der Waals surface area contributed by atoms with Crippen LogP contribution in [0.3, 0.4) is 0 Å². The third-order valence-electron chi connectivity index (χ3n) is 5.43. The average molecular weight is 315 g/mol. The molecule has 2 fully saturated rings. The van der Waals surface area contributed by atoms with Crippen LogP contribution < -0.4 is 0 Å². The summed E-state index contributed by atoms with van der Waals surface area (Å²) in [5, 5.41) is 9.43. The molecule has 0 spiro atoms. The predicted octanol–water partition coefficient (Wildman–Crippen LogP) is 2.72. The fraction of sp³-hybridized carbons (Fsp3) is 0.579. The van der Waals surface area contributed by atoms with E-state index in [-0.39, 0.29) is 17.7 Å². The van der Waals surface area contributed by atoms with Crippen molar-refractivity contribution in [3.8, 4) is 0 Å². The zero-order chi connectivity index (χ0) is 16.7. The number of nitrogens with zero attached hydrogens (tertiary/aromatic N) is 1. The molecule has 124 valence electrons. The normalized spacial score (nSPS) is 24.0. The Morgan fingerprint density at radius 2 is 1.74 bits per heavy atom. The number of benzene rings is 1. The van der Waals surface area contributed by atoms with Crippen molar-refractivity contribution in [1.29, 1.82) is 0 Å². The minimum absolute atomic E-state index is 0.0643. The molecular weight excluding hydrogens is 290 g/mol. The molecule has 3 rings (SSSR count). The molecule has 1 aliphatic heterocycles. The number of likely N-dealkylation sites (tertiary alicyclic amines) is 1. The Morgan fingerprint density at radius 1 is 1.13 bits per heavy atom. The third-order valence-corrected chi connectivity index (χ3v) is 5.43. The Bertz CT molecular complexity index is 625. The Labute approximate surface area is 137 Å². The van der Waals surface area contributed by atoms with Crippen molar-refractivity contribution < 1.29 is 14.7 Å². The van der Waals surface area contributed by atoms with Crippen molar-refractivity contribution in [3.63, 3.8) is 0 Å². The summed E-state index contributed by atoms with van der Waals surface area (Å²) >= 11 is 0. The van der Waals surface area contributed by atoms with Crippen LogP contribution in [0.15, 0.2) is 12.1 Å². The lowest BCUT2D eigenvalue weighted by Gasteiger charge is -2.18. The summed E-state index contributed by atoms with van der Waals surface area (Å²) in [6, 6.07) is 4.21. The van der Waals surface area contributed by atoms with Gasteiger partial charge in [-0.25, -0.2) is 0 Å². The zero-order valence-corrected chi connectivity index (χ0v) is 14.1. The minimum Gasteiger partial charge on any atom is -0.481 e. The van der Waals surface area contributed by atoms with E-state index in [1.54, 1.807) is 4.90 Å². The number of aliphatic carboxylic acids is 1. The second-order valence-electron chi connectivity index (χ2n) is 7.30. The molecule has 0 radical (unpaired) electrons. The second-order valence-corrected chi connectivity index (χ2v) is 7.30. The number of carboxylic acid groups (broad SMARTS) is 1. The fourth-order valence-electron chi connectivity index (χ4n) is 4.05. The van der Waals surface area contributed by atoms with Crippen molar-refractivity contribution in [3.05, 3.63) is 34.4 Å². The van der Waals surface area contributed by atoms with Gasteiger partial charge in [0.25, 0.3) is 0 Å². The molecule has 1 aromatic rings. The zero-order valence-electron chi connectivity index (χ0n) is 14.1. The number of amides is 1. The van der Waals surface area contributed by atoms with Gasteiger partial charge in [-0.05, 0) is 62.1 Å². The van der Waals surface area contributed by atoms with Crippen LogP contribution >= 0.6 is 0 Å². The molecule has 1 heterocycles. The number of carboxylic acids is 1. The molecule has 0 bridgehead atoms. The van der Waals surface area contributed by atoms with Crippen molar-refractivity contribution >= 4 is 11.9 Å². The highest BCUT2D eigenvalue weighted by molar-refractivity contribution is 5.81. The summed E-state index contributed by atoms with van der Waals surface area (Å²) in [7, 11) is 0. The topological polar surface area (TPSA) is 57.6 Å². The first kappa shape index (κ1) is 16.0. The molecule has 2 aliphatic rings. The number of rotatable bonds is 4. The monoisotopic (exact) mass is 315 g/mol. The fourth-order valence-corrected chi connectivity index (χ4v) is 4.05. The Morgan fingerprint density at radius 3 is 2.26 bits per heavy atom. The number of hydrogen-bond acceptors (Lipinski definition) is 2. The van der Waals surface area contributed by atoms with Gasteiger partial charge in [0.2, 0.25) is 5.91 Å². The molecule has 1 amide bonds. The highest BCUT2D eigenvalue weighted by Gasteiger charge is 2.46. The van der Waals surface area contributed by atoms with E-state index in [1.165, 1.54) is 5.56 Å². The lowest BCUT2D eigenvalue weighted by molar-refractivity contribution is -0.142. The molecule has 1 aliphatic carbocycles. The number of aryl methyl sites for hydroxylation is 3. The lowest BCUT2D eigenvalue weighted by atomic mass is 9.92. The van der Waals surface area contributed by atoms with Crippen molar-refractivity contribution in [1.82, 2.24) is 4.90 Å². The van der Waals surface area contributed by atoms with Crippen molar-refractivity contribution in [2.45, 2.75) is 40.0 Å². The molecule has 0 aromatic heterocycles. The second kappa shape index (κ2) is 5.99. The number of hydrogen-bond donors (Lipinski definition) is 1. The summed E-state index contributed by atoms with van der Waals surface area (Å²) < 4.78 is 0. The highest BCUT2D eigenvalue weighted by Crippen LogP contribution is 2.44. The number of carbonyl (C=O) groups is 2. The van der Waals surface area contributed by atoms with Gasteiger partial charge in [0.1, 0.15) is 0 Å². The van der Waals surface area contributed by atoms with E-state index in [2.05, 4.69) is 19.1 Å². The van der Waals surface area contributed by atoms with Gasteiger partial charge in [-0.3, -0.25) is 9.59 Å². The minimum atomic E-state index is -0.750. The molecule has 1 N–H and O–H groups in total. The molecule has 0 unspecified atom stereocenters. The van der Waals surface area contributed by atoms with Gasteiger partial charge >= 0.3 is 5.97 Å². The number of carbonyl (C=O) groups excluding carboxylic acids is 1. The van der Waals surface area contributed by atoms with Gasteiger partial charge in [-0.15, -0.1) is 0 Å². The first-order chi connectivity index (χ1) is 10.9. The summed E-state index contributed by atoms with van der Waals surface area (Å²) in [6.45, 7) is 7.13. The molecule has 4 heteroatoms. The van der Waals surface area contributed by atoms with Crippen molar-refractivity contribution in [2.75, 3.05) is 13.1 Å². The third kappa shape index (κ3) is 3.26. The summed E-state index contributed by atoms with van der Waals surface area (Å²) in [6.07, 6.45) is 2.61. The maximum atomic E-state index is 12.7. The first-order valence-electron chi connectivity index (χ1n) is 8.44. The van der Waals surface area contributed by atoms with Crippen LogP contribution in [0.25, 0.3) is 0 Å². The maximum absolute atomic E-state index is 12.7. The van der Waals surface area contributed by atoms with Crippen LogP contribution in [-0.4, -0.2) is 35.0 Å². The smallest absolute Gasteiger partial charge is 0.308 e. The van der Waals surface area contributed by atoms with Gasteiger partial charge in [0, 0.05) is 13.1 Å². The largest absolute Gasteiger partial charge is 0.481 e. The quantitative estimate of drug-likeness (QED) is 0.929. The highest BCUT2D eigenvalue weighted by atomic mass is 16.4. The summed E-state index contributed by atoms with van der Waals surface area (Å²) in [5.41, 5.74) is 4.58. The summed E-state index contributed by atoms with van der Waals surface area (Å²) in [5.74, 6) is -0.408. The van der Waals surface area contributed by atoms with E-state index >= 15 is 0 Å². The van der Waals surface area contributed by atoms with E-state index in [4.69, 9.17) is 0 Å². The molecule has 2 atom stereocenters. The van der Waals surface area contributed by atoms with Crippen LogP contribution in [0, 0.1) is 38.5 Å². The molecule has 23 heavy (non-hydrogen) atoms. The molecule has 1 saturated heterocycles. The van der Waals surface area contributed by atoms with E-state index in [9.17, 15) is 14.7 Å². The van der Waals surface area contributed by atoms with Crippen molar-refractivity contribution in [2.24, 2.45) is 17.8 Å².